The zero-order chi connectivity index (χ0) is 10.4. The van der Waals surface area contributed by atoms with E-state index in [1.165, 1.54) is 6.42 Å². The van der Waals surface area contributed by atoms with Gasteiger partial charge in [0.2, 0.25) is 0 Å². The number of aldehydes is 1. The topological polar surface area (TPSA) is 20.3 Å². The molecular weight excluding hydrogens is 254 g/mol. The standard InChI is InChI=1S/C12H12BrNO/c13-11-2-1-8(7-15)12(4-11)14-5-9-3-10(9)6-14/h1-2,4,7,9-10H,3,5-6H2. The van der Waals surface area contributed by atoms with Gasteiger partial charge in [-0.2, -0.15) is 0 Å². The number of carbonyl (C=O) groups is 1. The Balaban J connectivity index is 1.95. The summed E-state index contributed by atoms with van der Waals surface area (Å²) in [6.07, 6.45) is 2.34. The molecule has 0 bridgehead atoms. The molecule has 2 atom stereocenters. The highest BCUT2D eigenvalue weighted by Crippen LogP contribution is 2.46. The van der Waals surface area contributed by atoms with Gasteiger partial charge in [-0.3, -0.25) is 4.79 Å². The monoisotopic (exact) mass is 265 g/mol. The van der Waals surface area contributed by atoms with Crippen LogP contribution in [-0.2, 0) is 0 Å². The summed E-state index contributed by atoms with van der Waals surface area (Å²) in [6, 6.07) is 5.86. The summed E-state index contributed by atoms with van der Waals surface area (Å²) in [7, 11) is 0. The summed E-state index contributed by atoms with van der Waals surface area (Å²) < 4.78 is 1.05. The van der Waals surface area contributed by atoms with Crippen molar-refractivity contribution in [3.05, 3.63) is 28.2 Å². The van der Waals surface area contributed by atoms with E-state index in [0.717, 1.165) is 46.9 Å². The first kappa shape index (κ1) is 9.40. The number of halogens is 1. The predicted octanol–water partition coefficient (Wildman–Crippen LogP) is 2.72. The molecule has 1 saturated carbocycles. The number of hydrogen-bond donors (Lipinski definition) is 0. The molecule has 15 heavy (non-hydrogen) atoms. The second kappa shape index (κ2) is 3.34. The number of carbonyl (C=O) groups excluding carboxylic acids is 1. The molecule has 1 aromatic rings. The van der Waals surface area contributed by atoms with Gasteiger partial charge < -0.3 is 4.90 Å². The number of fused-ring (bicyclic) bond motifs is 1. The molecule has 78 valence electrons. The molecule has 1 aliphatic heterocycles. The third-order valence-corrected chi connectivity index (χ3v) is 3.93. The fourth-order valence-electron chi connectivity index (χ4n) is 2.49. The van der Waals surface area contributed by atoms with Gasteiger partial charge >= 0.3 is 0 Å². The average Bonchev–Trinajstić information content (AvgIpc) is 2.86. The molecule has 1 aromatic carbocycles. The van der Waals surface area contributed by atoms with Crippen molar-refractivity contribution in [3.63, 3.8) is 0 Å². The molecule has 2 fully saturated rings. The number of piperidine rings is 1. The normalized spacial score (nSPS) is 27.7. The zero-order valence-corrected chi connectivity index (χ0v) is 9.90. The SMILES string of the molecule is O=Cc1ccc(Br)cc1N1CC2CC2C1. The Bertz CT molecular complexity index is 408. The fourth-order valence-corrected chi connectivity index (χ4v) is 2.83. The number of benzene rings is 1. The Morgan fingerprint density at radius 1 is 1.33 bits per heavy atom. The number of nitrogens with zero attached hydrogens (tertiary/aromatic N) is 1. The van der Waals surface area contributed by atoms with Crippen LogP contribution >= 0.6 is 15.9 Å². The van der Waals surface area contributed by atoms with E-state index in [4.69, 9.17) is 0 Å². The summed E-state index contributed by atoms with van der Waals surface area (Å²) in [4.78, 5) is 13.3. The molecule has 0 aromatic heterocycles. The maximum atomic E-state index is 10.9. The molecule has 1 heterocycles. The second-order valence-electron chi connectivity index (χ2n) is 4.48. The van der Waals surface area contributed by atoms with Crippen molar-refractivity contribution in [2.45, 2.75) is 6.42 Å². The van der Waals surface area contributed by atoms with Crippen molar-refractivity contribution in [2.24, 2.45) is 11.8 Å². The minimum Gasteiger partial charge on any atom is -0.370 e. The summed E-state index contributed by atoms with van der Waals surface area (Å²) >= 11 is 3.46. The lowest BCUT2D eigenvalue weighted by Crippen LogP contribution is -2.23. The Kier molecular flexibility index (Phi) is 2.09. The molecule has 2 unspecified atom stereocenters. The average molecular weight is 266 g/mol. The van der Waals surface area contributed by atoms with Gasteiger partial charge in [0.25, 0.3) is 0 Å². The van der Waals surface area contributed by atoms with Crippen LogP contribution in [0.5, 0.6) is 0 Å². The van der Waals surface area contributed by atoms with E-state index in [2.05, 4.69) is 26.9 Å². The molecule has 0 amide bonds. The highest BCUT2D eigenvalue weighted by atomic mass is 79.9. The first-order valence-corrected chi connectivity index (χ1v) is 6.07. The molecule has 3 heteroatoms. The van der Waals surface area contributed by atoms with Crippen LogP contribution in [0.2, 0.25) is 0 Å². The van der Waals surface area contributed by atoms with E-state index in [-0.39, 0.29) is 0 Å². The van der Waals surface area contributed by atoms with Crippen LogP contribution in [-0.4, -0.2) is 19.4 Å². The van der Waals surface area contributed by atoms with E-state index >= 15 is 0 Å². The first-order valence-electron chi connectivity index (χ1n) is 5.27. The van der Waals surface area contributed by atoms with E-state index in [1.54, 1.807) is 0 Å². The largest absolute Gasteiger partial charge is 0.370 e. The molecule has 0 N–H and O–H groups in total. The minimum absolute atomic E-state index is 0.805. The quantitative estimate of drug-likeness (QED) is 0.767. The van der Waals surface area contributed by atoms with Crippen LogP contribution in [0.4, 0.5) is 5.69 Å². The highest BCUT2D eigenvalue weighted by Gasteiger charge is 2.45. The van der Waals surface area contributed by atoms with Crippen molar-refractivity contribution in [1.82, 2.24) is 0 Å². The van der Waals surface area contributed by atoms with Gasteiger partial charge in [0.05, 0.1) is 0 Å². The Morgan fingerprint density at radius 3 is 2.73 bits per heavy atom. The molecular formula is C12H12BrNO. The predicted molar refractivity (Wildman–Crippen MR) is 63.3 cm³/mol. The Morgan fingerprint density at radius 2 is 2.07 bits per heavy atom. The van der Waals surface area contributed by atoms with Gasteiger partial charge in [0, 0.05) is 28.8 Å². The van der Waals surface area contributed by atoms with Crippen LogP contribution in [0.3, 0.4) is 0 Å². The molecule has 2 aliphatic rings. The maximum Gasteiger partial charge on any atom is 0.152 e. The van der Waals surface area contributed by atoms with Crippen LogP contribution in [0.15, 0.2) is 22.7 Å². The van der Waals surface area contributed by atoms with E-state index in [1.807, 2.05) is 12.1 Å². The van der Waals surface area contributed by atoms with Gasteiger partial charge in [-0.25, -0.2) is 0 Å². The molecule has 2 nitrogen and oxygen atoms in total. The lowest BCUT2D eigenvalue weighted by atomic mass is 10.2. The van der Waals surface area contributed by atoms with Crippen LogP contribution in [0, 0.1) is 11.8 Å². The van der Waals surface area contributed by atoms with Crippen LogP contribution in [0.25, 0.3) is 0 Å². The molecule has 0 spiro atoms. The Labute approximate surface area is 97.4 Å². The third kappa shape index (κ3) is 1.59. The van der Waals surface area contributed by atoms with Crippen LogP contribution < -0.4 is 4.90 Å². The first-order chi connectivity index (χ1) is 7.28. The van der Waals surface area contributed by atoms with Gasteiger partial charge in [-0.05, 0) is 36.5 Å². The molecule has 1 saturated heterocycles. The molecule has 3 rings (SSSR count). The van der Waals surface area contributed by atoms with Gasteiger partial charge in [-0.1, -0.05) is 15.9 Å². The smallest absolute Gasteiger partial charge is 0.152 e. The van der Waals surface area contributed by atoms with Crippen molar-refractivity contribution in [3.8, 4) is 0 Å². The van der Waals surface area contributed by atoms with Gasteiger partial charge in [0.1, 0.15) is 0 Å². The van der Waals surface area contributed by atoms with Crippen LogP contribution in [0.1, 0.15) is 16.8 Å². The Hall–Kier alpha value is -0.830. The fraction of sp³-hybridized carbons (Fsp3) is 0.417. The summed E-state index contributed by atoms with van der Waals surface area (Å²) in [5.74, 6) is 1.78. The molecule has 1 aliphatic carbocycles. The van der Waals surface area contributed by atoms with E-state index < -0.39 is 0 Å². The van der Waals surface area contributed by atoms with E-state index in [0.29, 0.717) is 0 Å². The lowest BCUT2D eigenvalue weighted by molar-refractivity contribution is 0.112. The van der Waals surface area contributed by atoms with Crippen molar-refractivity contribution in [1.29, 1.82) is 0 Å². The number of rotatable bonds is 2. The lowest BCUT2D eigenvalue weighted by Gasteiger charge is -2.22. The zero-order valence-electron chi connectivity index (χ0n) is 8.32. The van der Waals surface area contributed by atoms with Crippen molar-refractivity contribution >= 4 is 27.9 Å². The summed E-state index contributed by atoms with van der Waals surface area (Å²) in [6.45, 7) is 2.25. The molecule has 0 radical (unpaired) electrons. The summed E-state index contributed by atoms with van der Waals surface area (Å²) in [5, 5.41) is 0. The maximum absolute atomic E-state index is 10.9. The van der Waals surface area contributed by atoms with E-state index in [9.17, 15) is 4.79 Å². The minimum atomic E-state index is 0.805. The van der Waals surface area contributed by atoms with Crippen molar-refractivity contribution < 1.29 is 4.79 Å². The number of hydrogen-bond acceptors (Lipinski definition) is 2. The van der Waals surface area contributed by atoms with Gasteiger partial charge in [0.15, 0.2) is 6.29 Å². The number of anilines is 1. The third-order valence-electron chi connectivity index (χ3n) is 3.44. The van der Waals surface area contributed by atoms with Crippen molar-refractivity contribution in [2.75, 3.05) is 18.0 Å². The summed E-state index contributed by atoms with van der Waals surface area (Å²) in [5.41, 5.74) is 1.89. The highest BCUT2D eigenvalue weighted by molar-refractivity contribution is 9.10. The second-order valence-corrected chi connectivity index (χ2v) is 5.40. The van der Waals surface area contributed by atoms with Gasteiger partial charge in [-0.15, -0.1) is 0 Å².